The van der Waals surface area contributed by atoms with Gasteiger partial charge in [0.15, 0.2) is 0 Å². The molecule has 1 amide bonds. The van der Waals surface area contributed by atoms with Gasteiger partial charge in [-0.15, -0.1) is 0 Å². The third-order valence-corrected chi connectivity index (χ3v) is 3.27. The van der Waals surface area contributed by atoms with E-state index in [1.54, 1.807) is 30.5 Å². The van der Waals surface area contributed by atoms with Crippen molar-refractivity contribution in [2.75, 3.05) is 5.32 Å². The van der Waals surface area contributed by atoms with Crippen LogP contribution in [0.15, 0.2) is 54.7 Å². The van der Waals surface area contributed by atoms with Gasteiger partial charge in [-0.1, -0.05) is 17.7 Å². The quantitative estimate of drug-likeness (QED) is 0.772. The molecule has 0 bridgehead atoms. The van der Waals surface area contributed by atoms with Crippen LogP contribution in [0.5, 0.6) is 0 Å². The average molecular weight is 280 g/mol. The monoisotopic (exact) mass is 280 g/mol. The highest BCUT2D eigenvalue weighted by molar-refractivity contribution is 6.08. The van der Waals surface area contributed by atoms with Gasteiger partial charge in [0.1, 0.15) is 5.82 Å². The van der Waals surface area contributed by atoms with Gasteiger partial charge in [-0.05, 0) is 43.3 Å². The Balaban J connectivity index is 1.96. The van der Waals surface area contributed by atoms with E-state index in [2.05, 4.69) is 10.3 Å². The Kier molecular flexibility index (Phi) is 3.36. The van der Waals surface area contributed by atoms with Crippen LogP contribution in [-0.4, -0.2) is 10.9 Å². The fourth-order valence-corrected chi connectivity index (χ4v) is 2.13. The Morgan fingerprint density at radius 1 is 1.10 bits per heavy atom. The zero-order chi connectivity index (χ0) is 14.8. The molecule has 0 fully saturated rings. The molecule has 0 aliphatic carbocycles. The van der Waals surface area contributed by atoms with Gasteiger partial charge in [0.25, 0.3) is 5.91 Å². The minimum absolute atomic E-state index is 0.230. The summed E-state index contributed by atoms with van der Waals surface area (Å²) in [6.07, 6.45) is 1.59. The Morgan fingerprint density at radius 3 is 2.62 bits per heavy atom. The molecule has 3 rings (SSSR count). The van der Waals surface area contributed by atoms with Gasteiger partial charge >= 0.3 is 0 Å². The lowest BCUT2D eigenvalue weighted by Gasteiger charge is -2.08. The standard InChI is InChI=1S/C17H13FN2O/c1-11-2-4-12(5-3-11)17(21)20-16-8-9-19-15-7-6-13(18)10-14(15)16/h2-10H,1H3,(H,19,20,21). The molecule has 0 aliphatic heterocycles. The number of nitrogens with zero attached hydrogens (tertiary/aromatic N) is 1. The lowest BCUT2D eigenvalue weighted by atomic mass is 10.1. The second-order valence-electron chi connectivity index (χ2n) is 4.84. The first-order valence-corrected chi connectivity index (χ1v) is 6.56. The van der Waals surface area contributed by atoms with Crippen molar-refractivity contribution < 1.29 is 9.18 Å². The summed E-state index contributed by atoms with van der Waals surface area (Å²) in [4.78, 5) is 16.4. The van der Waals surface area contributed by atoms with E-state index in [1.165, 1.54) is 12.1 Å². The number of hydrogen-bond acceptors (Lipinski definition) is 2. The summed E-state index contributed by atoms with van der Waals surface area (Å²) in [5, 5.41) is 3.38. The number of rotatable bonds is 2. The molecule has 1 heterocycles. The van der Waals surface area contributed by atoms with Gasteiger partial charge < -0.3 is 5.32 Å². The predicted octanol–water partition coefficient (Wildman–Crippen LogP) is 3.93. The molecule has 0 unspecified atom stereocenters. The van der Waals surface area contributed by atoms with Crippen LogP contribution in [0.25, 0.3) is 10.9 Å². The molecule has 0 aliphatic rings. The number of aromatic nitrogens is 1. The van der Waals surface area contributed by atoms with Crippen LogP contribution in [-0.2, 0) is 0 Å². The van der Waals surface area contributed by atoms with Crippen molar-refractivity contribution in [3.05, 3.63) is 71.7 Å². The van der Waals surface area contributed by atoms with E-state index in [4.69, 9.17) is 0 Å². The van der Waals surface area contributed by atoms with Crippen molar-refractivity contribution in [3.8, 4) is 0 Å². The predicted molar refractivity (Wildman–Crippen MR) is 80.8 cm³/mol. The topological polar surface area (TPSA) is 42.0 Å². The SMILES string of the molecule is Cc1ccc(C(=O)Nc2ccnc3ccc(F)cc23)cc1. The number of carbonyl (C=O) groups excluding carboxylic acids is 1. The fourth-order valence-electron chi connectivity index (χ4n) is 2.13. The summed E-state index contributed by atoms with van der Waals surface area (Å²) in [7, 11) is 0. The maximum Gasteiger partial charge on any atom is 0.255 e. The molecular weight excluding hydrogens is 267 g/mol. The van der Waals surface area contributed by atoms with E-state index in [0.717, 1.165) is 5.56 Å². The number of benzene rings is 2. The minimum Gasteiger partial charge on any atom is -0.321 e. The highest BCUT2D eigenvalue weighted by Gasteiger charge is 2.09. The molecule has 1 aromatic heterocycles. The van der Waals surface area contributed by atoms with Crippen LogP contribution in [0.3, 0.4) is 0 Å². The normalized spacial score (nSPS) is 10.6. The average Bonchev–Trinajstić information content (AvgIpc) is 2.48. The Bertz CT molecular complexity index is 813. The molecular formula is C17H13FN2O. The van der Waals surface area contributed by atoms with Crippen LogP contribution in [0.1, 0.15) is 15.9 Å². The maximum absolute atomic E-state index is 13.4. The fraction of sp³-hybridized carbons (Fsp3) is 0.0588. The zero-order valence-corrected chi connectivity index (χ0v) is 11.4. The molecule has 0 spiro atoms. The van der Waals surface area contributed by atoms with Gasteiger partial charge in [0.05, 0.1) is 11.2 Å². The number of pyridine rings is 1. The van der Waals surface area contributed by atoms with E-state index in [-0.39, 0.29) is 11.7 Å². The lowest BCUT2D eigenvalue weighted by Crippen LogP contribution is -2.12. The molecule has 4 heteroatoms. The zero-order valence-electron chi connectivity index (χ0n) is 11.4. The van der Waals surface area contributed by atoms with E-state index in [1.807, 2.05) is 19.1 Å². The van der Waals surface area contributed by atoms with Gasteiger partial charge in [0.2, 0.25) is 0 Å². The number of carbonyl (C=O) groups is 1. The van der Waals surface area contributed by atoms with Crippen molar-refractivity contribution in [3.63, 3.8) is 0 Å². The summed E-state index contributed by atoms with van der Waals surface area (Å²) in [6.45, 7) is 1.96. The smallest absolute Gasteiger partial charge is 0.255 e. The molecule has 0 radical (unpaired) electrons. The number of amides is 1. The third kappa shape index (κ3) is 2.74. The number of fused-ring (bicyclic) bond motifs is 1. The van der Waals surface area contributed by atoms with Crippen molar-refractivity contribution in [2.45, 2.75) is 6.92 Å². The lowest BCUT2D eigenvalue weighted by molar-refractivity contribution is 0.102. The molecule has 0 saturated carbocycles. The van der Waals surface area contributed by atoms with E-state index in [0.29, 0.717) is 22.2 Å². The summed E-state index contributed by atoms with van der Waals surface area (Å²) < 4.78 is 13.4. The van der Waals surface area contributed by atoms with Crippen LogP contribution in [0.4, 0.5) is 10.1 Å². The number of halogens is 1. The number of nitrogens with one attached hydrogen (secondary N) is 1. The summed E-state index contributed by atoms with van der Waals surface area (Å²) in [6, 6.07) is 13.2. The highest BCUT2D eigenvalue weighted by Crippen LogP contribution is 2.23. The maximum atomic E-state index is 13.4. The molecule has 3 aromatic rings. The van der Waals surface area contributed by atoms with Gasteiger partial charge in [0, 0.05) is 17.1 Å². The van der Waals surface area contributed by atoms with Gasteiger partial charge in [-0.25, -0.2) is 4.39 Å². The minimum atomic E-state index is -0.360. The molecule has 104 valence electrons. The Morgan fingerprint density at radius 2 is 1.86 bits per heavy atom. The van der Waals surface area contributed by atoms with Crippen LogP contribution >= 0.6 is 0 Å². The molecule has 0 saturated heterocycles. The second kappa shape index (κ2) is 5.32. The van der Waals surface area contributed by atoms with Crippen molar-refractivity contribution >= 4 is 22.5 Å². The highest BCUT2D eigenvalue weighted by atomic mass is 19.1. The first-order chi connectivity index (χ1) is 10.1. The van der Waals surface area contributed by atoms with Gasteiger partial charge in [-0.3, -0.25) is 9.78 Å². The van der Waals surface area contributed by atoms with Crippen molar-refractivity contribution in [1.82, 2.24) is 4.98 Å². The molecule has 21 heavy (non-hydrogen) atoms. The Labute approximate surface area is 121 Å². The van der Waals surface area contributed by atoms with Gasteiger partial charge in [-0.2, -0.15) is 0 Å². The Hall–Kier alpha value is -2.75. The van der Waals surface area contributed by atoms with Crippen molar-refractivity contribution in [2.24, 2.45) is 0 Å². The van der Waals surface area contributed by atoms with E-state index >= 15 is 0 Å². The first kappa shape index (κ1) is 13.2. The number of aryl methyl sites for hydroxylation is 1. The van der Waals surface area contributed by atoms with Crippen LogP contribution in [0.2, 0.25) is 0 Å². The summed E-state index contributed by atoms with van der Waals surface area (Å²) in [5.41, 5.74) is 2.83. The first-order valence-electron chi connectivity index (χ1n) is 6.56. The van der Waals surface area contributed by atoms with Crippen LogP contribution in [0, 0.1) is 12.7 Å². The largest absolute Gasteiger partial charge is 0.321 e. The molecule has 1 N–H and O–H groups in total. The number of anilines is 1. The molecule has 0 atom stereocenters. The third-order valence-electron chi connectivity index (χ3n) is 3.27. The molecule has 3 nitrogen and oxygen atoms in total. The van der Waals surface area contributed by atoms with E-state index in [9.17, 15) is 9.18 Å². The van der Waals surface area contributed by atoms with Crippen molar-refractivity contribution in [1.29, 1.82) is 0 Å². The second-order valence-corrected chi connectivity index (χ2v) is 4.84. The number of hydrogen-bond donors (Lipinski definition) is 1. The van der Waals surface area contributed by atoms with E-state index < -0.39 is 0 Å². The molecule has 2 aromatic carbocycles. The summed E-state index contributed by atoms with van der Waals surface area (Å²) in [5.74, 6) is -0.590. The van der Waals surface area contributed by atoms with Crippen LogP contribution < -0.4 is 5.32 Å². The summed E-state index contributed by atoms with van der Waals surface area (Å²) >= 11 is 0.